The van der Waals surface area contributed by atoms with Gasteiger partial charge in [0.15, 0.2) is 0 Å². The molecule has 3 aromatic rings. The normalized spacial score (nSPS) is 13.0. The van der Waals surface area contributed by atoms with Gasteiger partial charge >= 0.3 is 0 Å². The fourth-order valence-electron chi connectivity index (χ4n) is 3.44. The molecule has 0 radical (unpaired) electrons. The van der Waals surface area contributed by atoms with Crippen molar-refractivity contribution in [3.05, 3.63) is 88.3 Å². The summed E-state index contributed by atoms with van der Waals surface area (Å²) in [6.45, 7) is 4.45. The van der Waals surface area contributed by atoms with Gasteiger partial charge in [-0.25, -0.2) is 8.78 Å². The number of carbonyl (C=O) groups excluding carboxylic acids is 1. The first-order chi connectivity index (χ1) is 15.3. The van der Waals surface area contributed by atoms with Crippen molar-refractivity contribution in [1.29, 1.82) is 0 Å². The van der Waals surface area contributed by atoms with Gasteiger partial charge in [-0.1, -0.05) is 36.3 Å². The summed E-state index contributed by atoms with van der Waals surface area (Å²) in [6, 6.07) is 11.9. The second-order valence-electron chi connectivity index (χ2n) is 7.77. The summed E-state index contributed by atoms with van der Waals surface area (Å²) in [7, 11) is 0. The Balaban J connectivity index is 1.68. The molecular weight excluding hydrogens is 416 g/mol. The second-order valence-corrected chi connectivity index (χ2v) is 7.77. The first kappa shape index (κ1) is 23.6. The van der Waals surface area contributed by atoms with E-state index in [0.29, 0.717) is 17.8 Å². The lowest BCUT2D eigenvalue weighted by atomic mass is 10.00. The highest BCUT2D eigenvalue weighted by atomic mass is 19.1. The number of hydrogen-bond donors (Lipinski definition) is 3. The number of aromatic nitrogens is 1. The van der Waals surface area contributed by atoms with Gasteiger partial charge in [0.1, 0.15) is 11.6 Å². The van der Waals surface area contributed by atoms with Crippen LogP contribution >= 0.6 is 0 Å². The Morgan fingerprint density at radius 1 is 1.09 bits per heavy atom. The molecule has 0 aliphatic carbocycles. The molecule has 32 heavy (non-hydrogen) atoms. The quantitative estimate of drug-likeness (QED) is 0.448. The summed E-state index contributed by atoms with van der Waals surface area (Å²) >= 11 is 0. The van der Waals surface area contributed by atoms with E-state index in [2.05, 4.69) is 28.8 Å². The van der Waals surface area contributed by atoms with Crippen LogP contribution in [0.5, 0.6) is 0 Å². The van der Waals surface area contributed by atoms with Gasteiger partial charge in [-0.3, -0.25) is 4.79 Å². The van der Waals surface area contributed by atoms with Crippen molar-refractivity contribution < 1.29 is 23.2 Å². The van der Waals surface area contributed by atoms with Crippen LogP contribution in [0, 0.1) is 18.6 Å². The number of aliphatic hydroxyl groups is 1. The van der Waals surface area contributed by atoms with Crippen LogP contribution in [0.2, 0.25) is 0 Å². The summed E-state index contributed by atoms with van der Waals surface area (Å²) in [5.41, 5.74) is 3.14. The Morgan fingerprint density at radius 3 is 2.47 bits per heavy atom. The van der Waals surface area contributed by atoms with E-state index in [1.54, 1.807) is 6.92 Å². The SMILES string of the molecule is CCc1cccc(CNC[C@H](O)[C@H](Cc2cc(F)cc(F)c2)NC(=O)c2cc(C)no2)c1. The molecule has 0 fully saturated rings. The smallest absolute Gasteiger partial charge is 0.290 e. The highest BCUT2D eigenvalue weighted by Crippen LogP contribution is 2.13. The molecule has 2 atom stereocenters. The van der Waals surface area contributed by atoms with E-state index in [0.717, 1.165) is 18.1 Å². The molecule has 0 spiro atoms. The standard InChI is InChI=1S/C24H27F2N3O3/c1-3-16-5-4-6-17(8-16)13-27-14-22(30)21(11-18-9-19(25)12-20(26)10-18)28-24(31)23-7-15(2)29-32-23/h4-10,12,21-22,27,30H,3,11,13-14H2,1-2H3,(H,28,31)/t21-,22-/m0/s1. The molecule has 0 unspecified atom stereocenters. The third-order valence-electron chi connectivity index (χ3n) is 5.09. The molecule has 0 aliphatic rings. The largest absolute Gasteiger partial charge is 0.390 e. The molecule has 1 amide bonds. The predicted molar refractivity (Wildman–Crippen MR) is 116 cm³/mol. The molecule has 3 rings (SSSR count). The van der Waals surface area contributed by atoms with Crippen LogP contribution in [0.1, 0.15) is 39.9 Å². The minimum atomic E-state index is -1.02. The van der Waals surface area contributed by atoms with E-state index in [4.69, 9.17) is 4.52 Å². The van der Waals surface area contributed by atoms with Crippen LogP contribution in [0.4, 0.5) is 8.78 Å². The fraction of sp³-hybridized carbons (Fsp3) is 0.333. The van der Waals surface area contributed by atoms with Crippen molar-refractivity contribution in [3.63, 3.8) is 0 Å². The van der Waals surface area contributed by atoms with Crippen LogP contribution in [0.15, 0.2) is 53.1 Å². The van der Waals surface area contributed by atoms with Gasteiger partial charge in [-0.05, 0) is 48.6 Å². The number of halogens is 2. The van der Waals surface area contributed by atoms with Gasteiger partial charge in [-0.15, -0.1) is 0 Å². The van der Waals surface area contributed by atoms with Crippen LogP contribution in [0.25, 0.3) is 0 Å². The fourth-order valence-corrected chi connectivity index (χ4v) is 3.44. The van der Waals surface area contributed by atoms with E-state index in [-0.39, 0.29) is 18.7 Å². The number of rotatable bonds is 10. The van der Waals surface area contributed by atoms with Crippen LogP contribution < -0.4 is 10.6 Å². The van der Waals surface area contributed by atoms with Crippen LogP contribution in [0.3, 0.4) is 0 Å². The average molecular weight is 443 g/mol. The highest BCUT2D eigenvalue weighted by Gasteiger charge is 2.24. The zero-order valence-electron chi connectivity index (χ0n) is 18.1. The maximum atomic E-state index is 13.6. The van der Waals surface area contributed by atoms with Crippen molar-refractivity contribution in [2.75, 3.05) is 6.54 Å². The molecule has 0 saturated carbocycles. The molecule has 170 valence electrons. The lowest BCUT2D eigenvalue weighted by Crippen LogP contribution is -2.48. The van der Waals surface area contributed by atoms with Crippen molar-refractivity contribution in [1.82, 2.24) is 15.8 Å². The summed E-state index contributed by atoms with van der Waals surface area (Å²) < 4.78 is 32.2. The number of amides is 1. The Kier molecular flexibility index (Phi) is 8.08. The zero-order chi connectivity index (χ0) is 23.1. The molecule has 0 aliphatic heterocycles. The number of hydrogen-bond acceptors (Lipinski definition) is 5. The number of nitrogens with zero attached hydrogens (tertiary/aromatic N) is 1. The minimum absolute atomic E-state index is 0.00513. The van der Waals surface area contributed by atoms with Gasteiger partial charge < -0.3 is 20.3 Å². The predicted octanol–water partition coefficient (Wildman–Crippen LogP) is 3.32. The third kappa shape index (κ3) is 6.70. The Morgan fingerprint density at radius 2 is 1.81 bits per heavy atom. The molecule has 8 heteroatoms. The second kappa shape index (κ2) is 11.0. The van der Waals surface area contributed by atoms with Gasteiger partial charge in [0.05, 0.1) is 17.8 Å². The maximum Gasteiger partial charge on any atom is 0.290 e. The van der Waals surface area contributed by atoms with Crippen molar-refractivity contribution in [3.8, 4) is 0 Å². The van der Waals surface area contributed by atoms with E-state index in [1.807, 2.05) is 18.2 Å². The molecule has 6 nitrogen and oxygen atoms in total. The summed E-state index contributed by atoms with van der Waals surface area (Å²) in [6.07, 6.45) is -0.0685. The number of benzene rings is 2. The Labute approximate surface area is 185 Å². The van der Waals surface area contributed by atoms with Gasteiger partial charge in [0.2, 0.25) is 5.76 Å². The van der Waals surface area contributed by atoms with Crippen molar-refractivity contribution in [2.24, 2.45) is 0 Å². The van der Waals surface area contributed by atoms with Crippen molar-refractivity contribution in [2.45, 2.75) is 45.4 Å². The molecule has 1 aromatic heterocycles. The van der Waals surface area contributed by atoms with E-state index in [1.165, 1.54) is 23.8 Å². The molecule has 1 heterocycles. The summed E-state index contributed by atoms with van der Waals surface area (Å²) in [5.74, 6) is -2.02. The van der Waals surface area contributed by atoms with Gasteiger partial charge in [0, 0.05) is 25.2 Å². The zero-order valence-corrected chi connectivity index (χ0v) is 18.1. The molecular formula is C24H27F2N3O3. The van der Waals surface area contributed by atoms with Crippen LogP contribution in [-0.2, 0) is 19.4 Å². The summed E-state index contributed by atoms with van der Waals surface area (Å²) in [5, 5.41) is 20.3. The number of carbonyl (C=O) groups is 1. The first-order valence-corrected chi connectivity index (χ1v) is 10.5. The number of nitrogens with one attached hydrogen (secondary N) is 2. The summed E-state index contributed by atoms with van der Waals surface area (Å²) in [4.78, 5) is 12.5. The van der Waals surface area contributed by atoms with Gasteiger partial charge in [0.25, 0.3) is 5.91 Å². The number of aryl methyl sites for hydroxylation is 2. The maximum absolute atomic E-state index is 13.6. The van der Waals surface area contributed by atoms with Crippen LogP contribution in [-0.4, -0.2) is 34.9 Å². The van der Waals surface area contributed by atoms with E-state index in [9.17, 15) is 18.7 Å². The minimum Gasteiger partial charge on any atom is -0.390 e. The topological polar surface area (TPSA) is 87.4 Å². The molecule has 2 aromatic carbocycles. The molecule has 0 saturated heterocycles. The Bertz CT molecular complexity index is 1030. The monoisotopic (exact) mass is 443 g/mol. The number of aliphatic hydroxyl groups excluding tert-OH is 1. The average Bonchev–Trinajstić information content (AvgIpc) is 3.19. The third-order valence-corrected chi connectivity index (χ3v) is 5.09. The lowest BCUT2D eigenvalue weighted by Gasteiger charge is -2.24. The lowest BCUT2D eigenvalue weighted by molar-refractivity contribution is 0.0796. The molecule has 0 bridgehead atoms. The molecule has 3 N–H and O–H groups in total. The van der Waals surface area contributed by atoms with E-state index < -0.39 is 29.7 Å². The Hall–Kier alpha value is -3.10. The first-order valence-electron chi connectivity index (χ1n) is 10.5. The van der Waals surface area contributed by atoms with Gasteiger partial charge in [-0.2, -0.15) is 0 Å². The highest BCUT2D eigenvalue weighted by molar-refractivity contribution is 5.91. The van der Waals surface area contributed by atoms with E-state index >= 15 is 0 Å². The van der Waals surface area contributed by atoms with Crippen molar-refractivity contribution >= 4 is 5.91 Å².